The molecule has 0 aromatic carbocycles. The van der Waals surface area contributed by atoms with Gasteiger partial charge >= 0.3 is 17.9 Å². The molecule has 0 radical (unpaired) electrons. The first-order chi connectivity index (χ1) is 25.2. The maximum Gasteiger partial charge on any atom is 0.325 e. The molecule has 13 heteroatoms. The average molecular weight is 767 g/mol. The van der Waals surface area contributed by atoms with E-state index in [9.17, 15) is 39.0 Å². The molecular formula is C41H66O13. The molecule has 13 nitrogen and oxygen atoms in total. The van der Waals surface area contributed by atoms with Crippen LogP contribution in [0.25, 0.3) is 0 Å². The smallest absolute Gasteiger partial charge is 0.325 e. The lowest BCUT2D eigenvalue weighted by atomic mass is 9.79. The fraction of sp³-hybridized carbons (Fsp3) is 0.854. The molecule has 3 heterocycles. The number of ketones is 3. The lowest BCUT2D eigenvalue weighted by Crippen LogP contribution is -2.53. The van der Waals surface area contributed by atoms with E-state index in [1.165, 1.54) is 14.0 Å². The summed E-state index contributed by atoms with van der Waals surface area (Å²) < 4.78 is 29.1. The number of aliphatic hydroxyl groups is 2. The van der Waals surface area contributed by atoms with Gasteiger partial charge in [0.05, 0.1) is 30.3 Å². The third-order valence-electron chi connectivity index (χ3n) is 12.3. The van der Waals surface area contributed by atoms with Crippen LogP contribution >= 0.6 is 0 Å². The van der Waals surface area contributed by atoms with Crippen LogP contribution in [0, 0.1) is 47.3 Å². The minimum Gasteiger partial charge on any atom is -0.459 e. The van der Waals surface area contributed by atoms with Crippen LogP contribution in [0.1, 0.15) is 127 Å². The number of esters is 3. The number of hydrogen-bond donors (Lipinski definition) is 2. The Morgan fingerprint density at radius 3 is 2.04 bits per heavy atom. The van der Waals surface area contributed by atoms with Crippen LogP contribution in [0.2, 0.25) is 0 Å². The molecule has 0 amide bonds. The van der Waals surface area contributed by atoms with Crippen molar-refractivity contribution in [2.75, 3.05) is 7.11 Å². The number of ether oxygens (including phenoxy) is 5. The summed E-state index contributed by atoms with van der Waals surface area (Å²) in [6.07, 6.45) is 0.370. The van der Waals surface area contributed by atoms with Gasteiger partial charge in [-0.15, -0.1) is 0 Å². The Morgan fingerprint density at radius 1 is 0.852 bits per heavy atom. The number of hydrogen-bond acceptors (Lipinski definition) is 13. The molecule has 2 N–H and O–H groups in total. The third kappa shape index (κ3) is 11.7. The summed E-state index contributed by atoms with van der Waals surface area (Å²) >= 11 is 0. The maximum absolute atomic E-state index is 13.3. The highest BCUT2D eigenvalue weighted by atomic mass is 16.7. The van der Waals surface area contributed by atoms with Gasteiger partial charge in [-0.2, -0.15) is 0 Å². The Balaban J connectivity index is 1.54. The van der Waals surface area contributed by atoms with Crippen molar-refractivity contribution in [3.63, 3.8) is 0 Å². The van der Waals surface area contributed by atoms with Crippen LogP contribution in [0.4, 0.5) is 0 Å². The predicted molar refractivity (Wildman–Crippen MR) is 196 cm³/mol. The normalized spacial score (nSPS) is 31.3. The monoisotopic (exact) mass is 766 g/mol. The van der Waals surface area contributed by atoms with Crippen molar-refractivity contribution in [1.29, 1.82) is 0 Å². The van der Waals surface area contributed by atoms with Crippen molar-refractivity contribution in [3.05, 3.63) is 0 Å². The van der Waals surface area contributed by atoms with Crippen molar-refractivity contribution in [1.82, 2.24) is 0 Å². The number of carbonyl (C=O) groups is 6. The summed E-state index contributed by atoms with van der Waals surface area (Å²) in [5.74, 6) is -7.32. The molecule has 2 unspecified atom stereocenters. The Kier molecular flexibility index (Phi) is 17.0. The zero-order valence-corrected chi connectivity index (χ0v) is 34.0. The molecule has 0 aliphatic carbocycles. The molecule has 14 atom stereocenters. The number of cyclic esters (lactones) is 2. The standard InChI is InChI=1S/C41H66O13/c1-21(2)36(51-34(47)20-31(45)35-27(8)39(48)52-40(35)49)38(50-10)32(46)19-30(44)26(7)29(43)13-11-24(5)37-25(6)16-18-41(54-37)17-15-23(4)33(53-41)14-12-22(3)28(9)42/h21-27,29,32-33,35-38,43,46H,11-20H2,1-10H3/t22-,23+,24+,25-,26-,27?,29-,32+,33-,35?,36+,37-,38+,41+/m0/s1. The van der Waals surface area contributed by atoms with E-state index in [2.05, 4.69) is 25.5 Å². The largest absolute Gasteiger partial charge is 0.459 e. The third-order valence-corrected chi connectivity index (χ3v) is 12.3. The topological polar surface area (TPSA) is 189 Å². The fourth-order valence-electron chi connectivity index (χ4n) is 8.14. The van der Waals surface area contributed by atoms with E-state index >= 15 is 0 Å². The number of rotatable bonds is 20. The van der Waals surface area contributed by atoms with E-state index in [-0.39, 0.29) is 47.9 Å². The summed E-state index contributed by atoms with van der Waals surface area (Å²) in [4.78, 5) is 74.2. The van der Waals surface area contributed by atoms with Gasteiger partial charge in [0.1, 0.15) is 36.1 Å². The second-order valence-electron chi connectivity index (χ2n) is 17.0. The van der Waals surface area contributed by atoms with E-state index < -0.39 is 84.0 Å². The van der Waals surface area contributed by atoms with E-state index in [4.69, 9.17) is 18.9 Å². The molecule has 1 spiro atoms. The van der Waals surface area contributed by atoms with Crippen LogP contribution in [-0.2, 0) is 52.5 Å². The van der Waals surface area contributed by atoms with Crippen LogP contribution in [0.15, 0.2) is 0 Å². The van der Waals surface area contributed by atoms with Crippen LogP contribution in [0.5, 0.6) is 0 Å². The molecule has 3 aliphatic heterocycles. The number of Topliss-reactive ketones (excluding diaryl/α,β-unsaturated/α-hetero) is 3. The zero-order valence-electron chi connectivity index (χ0n) is 34.0. The van der Waals surface area contributed by atoms with Crippen molar-refractivity contribution < 1.29 is 62.7 Å². The first kappa shape index (κ1) is 45.8. The molecule has 0 bridgehead atoms. The highest BCUT2D eigenvalue weighted by Gasteiger charge is 2.48. The highest BCUT2D eigenvalue weighted by Crippen LogP contribution is 2.45. The Bertz CT molecular complexity index is 1330. The minimum absolute atomic E-state index is 0.000728. The average Bonchev–Trinajstić information content (AvgIpc) is 3.37. The maximum atomic E-state index is 13.3. The molecule has 3 aliphatic rings. The molecular weight excluding hydrogens is 700 g/mol. The summed E-state index contributed by atoms with van der Waals surface area (Å²) in [7, 11) is 1.31. The molecule has 0 saturated carbocycles. The Labute approximate surface area is 320 Å². The highest BCUT2D eigenvalue weighted by molar-refractivity contribution is 6.13. The van der Waals surface area contributed by atoms with Gasteiger partial charge in [-0.05, 0) is 69.1 Å². The Hall–Kier alpha value is -2.58. The second-order valence-corrected chi connectivity index (χ2v) is 17.0. The van der Waals surface area contributed by atoms with Crippen molar-refractivity contribution in [2.24, 2.45) is 47.3 Å². The van der Waals surface area contributed by atoms with Crippen molar-refractivity contribution >= 4 is 35.3 Å². The van der Waals surface area contributed by atoms with E-state index in [1.54, 1.807) is 27.7 Å². The fourth-order valence-corrected chi connectivity index (χ4v) is 8.14. The van der Waals surface area contributed by atoms with Crippen molar-refractivity contribution in [2.45, 2.75) is 169 Å². The molecule has 3 rings (SSSR count). The van der Waals surface area contributed by atoms with E-state index in [0.717, 1.165) is 38.5 Å². The summed E-state index contributed by atoms with van der Waals surface area (Å²) in [6.45, 7) is 16.5. The zero-order chi connectivity index (χ0) is 40.7. The molecule has 3 saturated heterocycles. The molecule has 3 fully saturated rings. The number of methoxy groups -OCH3 is 1. The van der Waals surface area contributed by atoms with Gasteiger partial charge in [0.15, 0.2) is 11.6 Å². The second kappa shape index (κ2) is 20.0. The molecule has 0 aromatic heterocycles. The lowest BCUT2D eigenvalue weighted by Gasteiger charge is -2.51. The van der Waals surface area contributed by atoms with Gasteiger partial charge in [-0.25, -0.2) is 0 Å². The summed E-state index contributed by atoms with van der Waals surface area (Å²) in [5.41, 5.74) is 0. The van der Waals surface area contributed by atoms with E-state index in [1.807, 2.05) is 6.92 Å². The van der Waals surface area contributed by atoms with Crippen LogP contribution < -0.4 is 0 Å². The SMILES string of the molecule is CO[C@H]([C@H](O)CC(=O)[C@@H](C)[C@@H](O)CC[C@@H](C)[C@@H]1O[C@]2(CC[C@@H](C)[C@H](CC[C@H](C)C(C)=O)O2)CC[C@@H]1C)[C@H](OC(=O)CC(=O)C1C(=O)OC(=O)C1C)C(C)C. The van der Waals surface area contributed by atoms with Gasteiger partial charge in [-0.1, -0.05) is 55.4 Å². The van der Waals surface area contributed by atoms with Gasteiger partial charge in [0.2, 0.25) is 0 Å². The van der Waals surface area contributed by atoms with E-state index in [0.29, 0.717) is 18.8 Å². The Morgan fingerprint density at radius 2 is 1.48 bits per heavy atom. The number of aliphatic hydroxyl groups excluding tert-OH is 2. The van der Waals surface area contributed by atoms with Gasteiger partial charge in [0, 0.05) is 38.2 Å². The molecule has 0 aromatic rings. The van der Waals surface area contributed by atoms with Gasteiger partial charge < -0.3 is 33.9 Å². The molecule has 54 heavy (non-hydrogen) atoms. The minimum atomic E-state index is -1.39. The lowest BCUT2D eigenvalue weighted by molar-refractivity contribution is -0.338. The first-order valence-electron chi connectivity index (χ1n) is 20.0. The van der Waals surface area contributed by atoms with Gasteiger partial charge in [0.25, 0.3) is 0 Å². The first-order valence-corrected chi connectivity index (χ1v) is 20.0. The van der Waals surface area contributed by atoms with Crippen molar-refractivity contribution in [3.8, 4) is 0 Å². The summed E-state index contributed by atoms with van der Waals surface area (Å²) in [5, 5.41) is 22.3. The van der Waals surface area contributed by atoms with Gasteiger partial charge in [-0.3, -0.25) is 28.8 Å². The molecule has 308 valence electrons. The number of carbonyl (C=O) groups excluding carboxylic acids is 6. The quantitative estimate of drug-likeness (QED) is 0.126. The van der Waals surface area contributed by atoms with Crippen LogP contribution in [0.3, 0.4) is 0 Å². The summed E-state index contributed by atoms with van der Waals surface area (Å²) in [6, 6.07) is 0. The van der Waals surface area contributed by atoms with Crippen LogP contribution in [-0.4, -0.2) is 95.0 Å². The predicted octanol–water partition coefficient (Wildman–Crippen LogP) is 4.93.